The minimum Gasteiger partial charge on any atom is -0.497 e. The van der Waals surface area contributed by atoms with E-state index >= 15 is 0 Å². The second kappa shape index (κ2) is 7.09. The van der Waals surface area contributed by atoms with Crippen molar-refractivity contribution < 1.29 is 28.2 Å². The van der Waals surface area contributed by atoms with Crippen LogP contribution in [0.3, 0.4) is 0 Å². The molecule has 0 fully saturated rings. The third-order valence-electron chi connectivity index (χ3n) is 3.67. The van der Waals surface area contributed by atoms with Crippen LogP contribution in [0.2, 0.25) is 0 Å². The zero-order valence-corrected chi connectivity index (χ0v) is 13.8. The zero-order valence-electron chi connectivity index (χ0n) is 13.8. The Hall–Kier alpha value is -3.28. The summed E-state index contributed by atoms with van der Waals surface area (Å²) in [5.41, 5.74) is 0.856. The maximum atomic E-state index is 12.4. The number of methoxy groups -OCH3 is 2. The zero-order chi connectivity index (χ0) is 17.8. The standard InChI is InChI=1S/C19H16O6/c1-22-13-7-8-17(23-2)14(10-13)15(20)11-24-19(21)18-9-12-5-3-4-6-16(12)25-18/h3-10H,11H2,1-2H3. The minimum absolute atomic E-state index is 0.0478. The number of rotatable bonds is 6. The smallest absolute Gasteiger partial charge is 0.374 e. The second-order valence-corrected chi connectivity index (χ2v) is 5.21. The molecule has 2 aromatic carbocycles. The molecule has 0 aliphatic rings. The molecule has 0 atom stereocenters. The van der Waals surface area contributed by atoms with Crippen LogP contribution in [0, 0.1) is 0 Å². The molecule has 0 aliphatic heterocycles. The van der Waals surface area contributed by atoms with Crippen LogP contribution >= 0.6 is 0 Å². The number of furan rings is 1. The van der Waals surface area contributed by atoms with Crippen molar-refractivity contribution in [1.29, 1.82) is 0 Å². The van der Waals surface area contributed by atoms with Crippen LogP contribution in [0.4, 0.5) is 0 Å². The SMILES string of the molecule is COc1ccc(OC)c(C(=O)COC(=O)c2cc3ccccc3o2)c1. The summed E-state index contributed by atoms with van der Waals surface area (Å²) in [6, 6.07) is 13.6. The van der Waals surface area contributed by atoms with Gasteiger partial charge in [-0.15, -0.1) is 0 Å². The molecule has 6 heteroatoms. The van der Waals surface area contributed by atoms with Crippen LogP contribution in [-0.2, 0) is 4.74 Å². The third-order valence-corrected chi connectivity index (χ3v) is 3.67. The Morgan fingerprint density at radius 1 is 1.00 bits per heavy atom. The van der Waals surface area contributed by atoms with Gasteiger partial charge < -0.3 is 18.6 Å². The van der Waals surface area contributed by atoms with Gasteiger partial charge in [-0.2, -0.15) is 0 Å². The number of carbonyl (C=O) groups excluding carboxylic acids is 2. The lowest BCUT2D eigenvalue weighted by Crippen LogP contribution is -2.14. The molecule has 0 saturated carbocycles. The van der Waals surface area contributed by atoms with Gasteiger partial charge in [0.1, 0.15) is 17.1 Å². The first-order chi connectivity index (χ1) is 12.1. The predicted molar refractivity (Wildman–Crippen MR) is 90.4 cm³/mol. The normalized spacial score (nSPS) is 10.5. The van der Waals surface area contributed by atoms with Gasteiger partial charge in [-0.05, 0) is 30.3 Å². The summed E-state index contributed by atoms with van der Waals surface area (Å²) in [5.74, 6) is -0.170. The highest BCUT2D eigenvalue weighted by atomic mass is 16.5. The lowest BCUT2D eigenvalue weighted by molar-refractivity contribution is 0.0445. The summed E-state index contributed by atoms with van der Waals surface area (Å²) in [4.78, 5) is 24.5. The molecule has 0 spiro atoms. The van der Waals surface area contributed by atoms with E-state index < -0.39 is 18.4 Å². The molecule has 0 saturated heterocycles. The van der Waals surface area contributed by atoms with Crippen LogP contribution in [0.15, 0.2) is 52.9 Å². The highest BCUT2D eigenvalue weighted by Gasteiger charge is 2.18. The highest BCUT2D eigenvalue weighted by Crippen LogP contribution is 2.25. The van der Waals surface area contributed by atoms with Crippen molar-refractivity contribution in [2.24, 2.45) is 0 Å². The Bertz CT molecular complexity index is 892. The first-order valence-corrected chi connectivity index (χ1v) is 7.53. The maximum Gasteiger partial charge on any atom is 0.374 e. The van der Waals surface area contributed by atoms with E-state index in [9.17, 15) is 9.59 Å². The Morgan fingerprint density at radius 2 is 1.80 bits per heavy atom. The molecule has 0 aliphatic carbocycles. The lowest BCUT2D eigenvalue weighted by Gasteiger charge is -2.09. The summed E-state index contributed by atoms with van der Waals surface area (Å²) < 4.78 is 20.8. The topological polar surface area (TPSA) is 75.0 Å². The first-order valence-electron chi connectivity index (χ1n) is 7.53. The fourth-order valence-corrected chi connectivity index (χ4v) is 2.39. The number of ketones is 1. The molecule has 0 unspecified atom stereocenters. The molecule has 1 heterocycles. The molecule has 3 aromatic rings. The number of para-hydroxylation sites is 1. The number of ether oxygens (including phenoxy) is 3. The Balaban J connectivity index is 1.72. The maximum absolute atomic E-state index is 12.4. The Labute approximate surface area is 143 Å². The van der Waals surface area contributed by atoms with E-state index in [1.54, 1.807) is 30.3 Å². The van der Waals surface area contributed by atoms with Gasteiger partial charge in [0.2, 0.25) is 11.5 Å². The van der Waals surface area contributed by atoms with Crippen molar-refractivity contribution in [3.05, 3.63) is 59.9 Å². The van der Waals surface area contributed by atoms with E-state index in [0.717, 1.165) is 5.39 Å². The van der Waals surface area contributed by atoms with E-state index in [4.69, 9.17) is 18.6 Å². The summed E-state index contributed by atoms with van der Waals surface area (Å²) in [7, 11) is 2.96. The van der Waals surface area contributed by atoms with E-state index in [1.807, 2.05) is 12.1 Å². The van der Waals surface area contributed by atoms with Crippen molar-refractivity contribution in [3.8, 4) is 11.5 Å². The molecule has 6 nitrogen and oxygen atoms in total. The van der Waals surface area contributed by atoms with E-state index in [0.29, 0.717) is 17.1 Å². The fourth-order valence-electron chi connectivity index (χ4n) is 2.39. The predicted octanol–water partition coefficient (Wildman–Crippen LogP) is 3.49. The van der Waals surface area contributed by atoms with Crippen LogP contribution in [0.1, 0.15) is 20.9 Å². The van der Waals surface area contributed by atoms with Gasteiger partial charge in [0.15, 0.2) is 6.61 Å². The minimum atomic E-state index is -0.702. The van der Waals surface area contributed by atoms with Gasteiger partial charge in [0, 0.05) is 5.39 Å². The summed E-state index contributed by atoms with van der Waals surface area (Å²) in [6.07, 6.45) is 0. The molecule has 0 bridgehead atoms. The van der Waals surface area contributed by atoms with E-state index in [1.165, 1.54) is 20.3 Å². The van der Waals surface area contributed by atoms with Crippen molar-refractivity contribution in [2.75, 3.05) is 20.8 Å². The number of esters is 1. The fraction of sp³-hybridized carbons (Fsp3) is 0.158. The lowest BCUT2D eigenvalue weighted by atomic mass is 10.1. The molecular weight excluding hydrogens is 324 g/mol. The van der Waals surface area contributed by atoms with Gasteiger partial charge in [0.25, 0.3) is 0 Å². The third kappa shape index (κ3) is 3.47. The van der Waals surface area contributed by atoms with Gasteiger partial charge in [-0.3, -0.25) is 4.79 Å². The Kier molecular flexibility index (Phi) is 4.70. The van der Waals surface area contributed by atoms with Crippen LogP contribution in [0.25, 0.3) is 11.0 Å². The van der Waals surface area contributed by atoms with Crippen molar-refractivity contribution in [1.82, 2.24) is 0 Å². The number of hydrogen-bond acceptors (Lipinski definition) is 6. The van der Waals surface area contributed by atoms with Crippen molar-refractivity contribution >= 4 is 22.7 Å². The number of fused-ring (bicyclic) bond motifs is 1. The summed E-state index contributed by atoms with van der Waals surface area (Å²) in [6.45, 7) is -0.431. The number of carbonyl (C=O) groups is 2. The number of Topliss-reactive ketones (excluding diaryl/α,β-unsaturated/α-hetero) is 1. The van der Waals surface area contributed by atoms with E-state index in [2.05, 4.69) is 0 Å². The highest BCUT2D eigenvalue weighted by molar-refractivity contribution is 6.01. The van der Waals surface area contributed by atoms with Crippen molar-refractivity contribution in [3.63, 3.8) is 0 Å². The van der Waals surface area contributed by atoms with Crippen LogP contribution in [-0.4, -0.2) is 32.6 Å². The van der Waals surface area contributed by atoms with Crippen molar-refractivity contribution in [2.45, 2.75) is 0 Å². The average molecular weight is 340 g/mol. The molecule has 128 valence electrons. The molecule has 0 radical (unpaired) electrons. The molecular formula is C19H16O6. The molecule has 3 rings (SSSR count). The average Bonchev–Trinajstić information content (AvgIpc) is 3.09. The van der Waals surface area contributed by atoms with Crippen LogP contribution in [0.5, 0.6) is 11.5 Å². The summed E-state index contributed by atoms with van der Waals surface area (Å²) >= 11 is 0. The quantitative estimate of drug-likeness (QED) is 0.505. The van der Waals surface area contributed by atoms with Gasteiger partial charge in [-0.1, -0.05) is 18.2 Å². The second-order valence-electron chi connectivity index (χ2n) is 5.21. The summed E-state index contributed by atoms with van der Waals surface area (Å²) in [5, 5.41) is 0.787. The molecule has 25 heavy (non-hydrogen) atoms. The largest absolute Gasteiger partial charge is 0.497 e. The van der Waals surface area contributed by atoms with E-state index in [-0.39, 0.29) is 11.3 Å². The monoisotopic (exact) mass is 340 g/mol. The molecule has 0 N–H and O–H groups in total. The van der Waals surface area contributed by atoms with Crippen LogP contribution < -0.4 is 9.47 Å². The van der Waals surface area contributed by atoms with Gasteiger partial charge >= 0.3 is 5.97 Å². The number of hydrogen-bond donors (Lipinski definition) is 0. The Morgan fingerprint density at radius 3 is 2.52 bits per heavy atom. The number of benzene rings is 2. The first kappa shape index (κ1) is 16.6. The molecule has 0 amide bonds. The van der Waals surface area contributed by atoms with Gasteiger partial charge in [-0.25, -0.2) is 4.79 Å². The molecule has 1 aromatic heterocycles. The van der Waals surface area contributed by atoms with Gasteiger partial charge in [0.05, 0.1) is 19.8 Å².